The van der Waals surface area contributed by atoms with E-state index in [1.807, 2.05) is 12.1 Å². The van der Waals surface area contributed by atoms with Crippen LogP contribution in [0, 0.1) is 0 Å². The maximum absolute atomic E-state index is 9.16. The Bertz CT molecular complexity index is 366. The van der Waals surface area contributed by atoms with Crippen LogP contribution in [0.3, 0.4) is 0 Å². The molecular formula is C14H21NO3. The van der Waals surface area contributed by atoms with Crippen molar-refractivity contribution in [3.05, 3.63) is 29.8 Å². The van der Waals surface area contributed by atoms with E-state index in [2.05, 4.69) is 24.0 Å². The summed E-state index contributed by atoms with van der Waals surface area (Å²) in [6, 6.07) is 8.49. The molecule has 0 unspecified atom stereocenters. The summed E-state index contributed by atoms with van der Waals surface area (Å²) in [4.78, 5) is 2.34. The molecule has 18 heavy (non-hydrogen) atoms. The molecule has 1 aromatic rings. The lowest BCUT2D eigenvalue weighted by Crippen LogP contribution is -2.48. The minimum Gasteiger partial charge on any atom is -0.497 e. The van der Waals surface area contributed by atoms with Crippen LogP contribution < -0.4 is 4.74 Å². The number of morpholine rings is 1. The predicted octanol–water partition coefficient (Wildman–Crippen LogP) is 1.28. The van der Waals surface area contributed by atoms with Gasteiger partial charge in [-0.05, 0) is 24.6 Å². The number of nitrogens with zero attached hydrogens (tertiary/aromatic N) is 1. The van der Waals surface area contributed by atoms with Gasteiger partial charge in [0.05, 0.1) is 26.4 Å². The van der Waals surface area contributed by atoms with Crippen LogP contribution in [0.5, 0.6) is 5.75 Å². The van der Waals surface area contributed by atoms with Crippen LogP contribution in [0.4, 0.5) is 0 Å². The van der Waals surface area contributed by atoms with Crippen molar-refractivity contribution in [2.45, 2.75) is 25.6 Å². The van der Waals surface area contributed by atoms with Crippen molar-refractivity contribution >= 4 is 0 Å². The van der Waals surface area contributed by atoms with Gasteiger partial charge in [-0.3, -0.25) is 4.90 Å². The lowest BCUT2D eigenvalue weighted by molar-refractivity contribution is -0.0805. The van der Waals surface area contributed by atoms with Gasteiger partial charge in [0.1, 0.15) is 5.75 Å². The Morgan fingerprint density at radius 1 is 1.39 bits per heavy atom. The first kappa shape index (κ1) is 13.3. The third kappa shape index (κ3) is 3.22. The van der Waals surface area contributed by atoms with E-state index in [4.69, 9.17) is 14.6 Å². The Kier molecular flexibility index (Phi) is 4.58. The van der Waals surface area contributed by atoms with Gasteiger partial charge < -0.3 is 14.6 Å². The lowest BCUT2D eigenvalue weighted by atomic mass is 10.1. The van der Waals surface area contributed by atoms with Gasteiger partial charge in [0.25, 0.3) is 0 Å². The summed E-state index contributed by atoms with van der Waals surface area (Å²) in [6.45, 7) is 4.58. The number of hydrogen-bond donors (Lipinski definition) is 1. The minimum absolute atomic E-state index is 0.0561. The fourth-order valence-electron chi connectivity index (χ4n) is 2.17. The van der Waals surface area contributed by atoms with Gasteiger partial charge in [-0.25, -0.2) is 0 Å². The molecule has 1 saturated heterocycles. The molecule has 1 aliphatic rings. The van der Waals surface area contributed by atoms with Crippen LogP contribution in [0.25, 0.3) is 0 Å². The number of ether oxygens (including phenoxy) is 2. The molecule has 0 saturated carbocycles. The van der Waals surface area contributed by atoms with Crippen molar-refractivity contribution < 1.29 is 14.6 Å². The van der Waals surface area contributed by atoms with E-state index in [1.54, 1.807) is 7.11 Å². The summed E-state index contributed by atoms with van der Waals surface area (Å²) < 4.78 is 10.7. The van der Waals surface area contributed by atoms with Crippen molar-refractivity contribution in [2.75, 3.05) is 26.9 Å². The molecule has 100 valence electrons. The predicted molar refractivity (Wildman–Crippen MR) is 69.7 cm³/mol. The summed E-state index contributed by atoms with van der Waals surface area (Å²) in [6.07, 6.45) is -0.0561. The summed E-state index contributed by atoms with van der Waals surface area (Å²) in [7, 11) is 1.67. The van der Waals surface area contributed by atoms with Gasteiger partial charge in [-0.15, -0.1) is 0 Å². The van der Waals surface area contributed by atoms with E-state index in [9.17, 15) is 0 Å². The fourth-order valence-corrected chi connectivity index (χ4v) is 2.17. The molecule has 0 aromatic heterocycles. The van der Waals surface area contributed by atoms with E-state index in [0.717, 1.165) is 18.8 Å². The molecule has 0 radical (unpaired) electrons. The second-order valence-electron chi connectivity index (χ2n) is 4.76. The third-order valence-electron chi connectivity index (χ3n) is 3.38. The van der Waals surface area contributed by atoms with Crippen LogP contribution in [0.2, 0.25) is 0 Å². The number of aliphatic hydroxyl groups excluding tert-OH is 1. The van der Waals surface area contributed by atoms with Gasteiger partial charge >= 0.3 is 0 Å². The van der Waals surface area contributed by atoms with E-state index >= 15 is 0 Å². The van der Waals surface area contributed by atoms with Crippen LogP contribution >= 0.6 is 0 Å². The number of hydrogen-bond acceptors (Lipinski definition) is 4. The summed E-state index contributed by atoms with van der Waals surface area (Å²) >= 11 is 0. The van der Waals surface area contributed by atoms with Crippen LogP contribution in [-0.4, -0.2) is 49.0 Å². The van der Waals surface area contributed by atoms with Crippen molar-refractivity contribution in [3.63, 3.8) is 0 Å². The average Bonchev–Trinajstić information content (AvgIpc) is 2.42. The highest BCUT2D eigenvalue weighted by Gasteiger charge is 2.25. The highest BCUT2D eigenvalue weighted by Crippen LogP contribution is 2.17. The number of aliphatic hydroxyl groups is 1. The van der Waals surface area contributed by atoms with Gasteiger partial charge in [0, 0.05) is 19.1 Å². The number of methoxy groups -OCH3 is 1. The SMILES string of the molecule is COc1ccc(CN2C[C@@H](CO)OC[C@@H]2C)cc1. The van der Waals surface area contributed by atoms with E-state index in [0.29, 0.717) is 12.6 Å². The average molecular weight is 251 g/mol. The van der Waals surface area contributed by atoms with Gasteiger partial charge in [-0.1, -0.05) is 12.1 Å². The van der Waals surface area contributed by atoms with Gasteiger partial charge in [0.15, 0.2) is 0 Å². The molecule has 2 rings (SSSR count). The normalized spacial score (nSPS) is 25.1. The van der Waals surface area contributed by atoms with E-state index < -0.39 is 0 Å². The smallest absolute Gasteiger partial charge is 0.118 e. The van der Waals surface area contributed by atoms with Gasteiger partial charge in [0.2, 0.25) is 0 Å². The molecule has 0 bridgehead atoms. The first-order valence-corrected chi connectivity index (χ1v) is 6.32. The van der Waals surface area contributed by atoms with Crippen LogP contribution in [0.1, 0.15) is 12.5 Å². The summed E-state index contributed by atoms with van der Waals surface area (Å²) in [5.74, 6) is 0.877. The number of rotatable bonds is 4. The summed E-state index contributed by atoms with van der Waals surface area (Å²) in [5.41, 5.74) is 1.25. The van der Waals surface area contributed by atoms with Crippen LogP contribution in [0.15, 0.2) is 24.3 Å². The quantitative estimate of drug-likeness (QED) is 0.875. The second-order valence-corrected chi connectivity index (χ2v) is 4.76. The first-order chi connectivity index (χ1) is 8.72. The molecule has 4 heteroatoms. The minimum atomic E-state index is -0.0561. The molecule has 4 nitrogen and oxygen atoms in total. The maximum atomic E-state index is 9.16. The molecular weight excluding hydrogens is 230 g/mol. The number of benzene rings is 1. The highest BCUT2D eigenvalue weighted by molar-refractivity contribution is 5.27. The summed E-state index contributed by atoms with van der Waals surface area (Å²) in [5, 5.41) is 9.16. The Labute approximate surface area is 108 Å². The van der Waals surface area contributed by atoms with Crippen molar-refractivity contribution in [2.24, 2.45) is 0 Å². The van der Waals surface area contributed by atoms with Crippen molar-refractivity contribution in [1.29, 1.82) is 0 Å². The first-order valence-electron chi connectivity index (χ1n) is 6.32. The van der Waals surface area contributed by atoms with Crippen LogP contribution in [-0.2, 0) is 11.3 Å². The molecule has 0 spiro atoms. The van der Waals surface area contributed by atoms with E-state index in [-0.39, 0.29) is 12.7 Å². The molecule has 1 heterocycles. The largest absolute Gasteiger partial charge is 0.497 e. The molecule has 1 aromatic carbocycles. The Balaban J connectivity index is 1.97. The zero-order valence-electron chi connectivity index (χ0n) is 11.0. The van der Waals surface area contributed by atoms with Crippen molar-refractivity contribution in [1.82, 2.24) is 4.90 Å². The zero-order chi connectivity index (χ0) is 13.0. The standard InChI is InChI=1S/C14H21NO3/c1-11-10-18-14(9-16)8-15(11)7-12-3-5-13(17-2)6-4-12/h3-6,11,14,16H,7-10H2,1-2H3/t11-,14-/m0/s1. The van der Waals surface area contributed by atoms with Crippen molar-refractivity contribution in [3.8, 4) is 5.75 Å². The molecule has 1 aliphatic heterocycles. The Morgan fingerprint density at radius 2 is 2.11 bits per heavy atom. The molecule has 0 amide bonds. The Hall–Kier alpha value is -1.10. The molecule has 1 N–H and O–H groups in total. The third-order valence-corrected chi connectivity index (χ3v) is 3.38. The lowest BCUT2D eigenvalue weighted by Gasteiger charge is -2.37. The zero-order valence-corrected chi connectivity index (χ0v) is 11.0. The molecule has 2 atom stereocenters. The maximum Gasteiger partial charge on any atom is 0.118 e. The monoisotopic (exact) mass is 251 g/mol. The molecule has 0 aliphatic carbocycles. The Morgan fingerprint density at radius 3 is 2.72 bits per heavy atom. The second kappa shape index (κ2) is 6.18. The van der Waals surface area contributed by atoms with E-state index in [1.165, 1.54) is 5.56 Å². The van der Waals surface area contributed by atoms with Gasteiger partial charge in [-0.2, -0.15) is 0 Å². The fraction of sp³-hybridized carbons (Fsp3) is 0.571. The highest BCUT2D eigenvalue weighted by atomic mass is 16.5. The molecule has 1 fully saturated rings. The topological polar surface area (TPSA) is 41.9 Å².